The van der Waals surface area contributed by atoms with E-state index in [2.05, 4.69) is 20.6 Å². The summed E-state index contributed by atoms with van der Waals surface area (Å²) in [5, 5.41) is 6.22. The van der Waals surface area contributed by atoms with E-state index in [1.54, 1.807) is 36.5 Å². The molecule has 0 radical (unpaired) electrons. The zero-order valence-electron chi connectivity index (χ0n) is 12.7. The minimum Gasteiger partial charge on any atom is -0.369 e. The molecule has 6 nitrogen and oxygen atoms in total. The fourth-order valence-corrected chi connectivity index (χ4v) is 2.38. The van der Waals surface area contributed by atoms with Crippen LogP contribution in [0.15, 0.2) is 48.7 Å². The third-order valence-corrected chi connectivity index (χ3v) is 3.97. The Kier molecular flexibility index (Phi) is 6.14. The van der Waals surface area contributed by atoms with E-state index in [1.807, 2.05) is 12.1 Å². The first-order valence-electron chi connectivity index (χ1n) is 6.95. The van der Waals surface area contributed by atoms with Crippen LogP contribution in [0.5, 0.6) is 0 Å². The van der Waals surface area contributed by atoms with Crippen LogP contribution in [0, 0.1) is 0 Å². The monoisotopic (exact) mass is 397 g/mol. The Balaban J connectivity index is 0.00000225. The fraction of sp³-hybridized carbons (Fsp3) is 0. The predicted molar refractivity (Wildman–Crippen MR) is 105 cm³/mol. The maximum absolute atomic E-state index is 12.0. The summed E-state index contributed by atoms with van der Waals surface area (Å²) in [6, 6.07) is 11.7. The molecule has 0 saturated carbocycles. The molecule has 2 amide bonds. The summed E-state index contributed by atoms with van der Waals surface area (Å²) in [6.45, 7) is 0. The van der Waals surface area contributed by atoms with Crippen LogP contribution in [0.3, 0.4) is 0 Å². The molecule has 0 atom stereocenters. The van der Waals surface area contributed by atoms with Crippen molar-refractivity contribution in [3.8, 4) is 11.3 Å². The van der Waals surface area contributed by atoms with Gasteiger partial charge >= 0.3 is 6.03 Å². The number of amides is 2. The summed E-state index contributed by atoms with van der Waals surface area (Å²) < 4.78 is 0. The number of anilines is 3. The summed E-state index contributed by atoms with van der Waals surface area (Å²) in [7, 11) is 0. The van der Waals surface area contributed by atoms with Gasteiger partial charge in [0.15, 0.2) is 5.95 Å². The van der Waals surface area contributed by atoms with Crippen LogP contribution in [0.2, 0.25) is 10.0 Å². The van der Waals surface area contributed by atoms with E-state index in [0.29, 0.717) is 27.4 Å². The van der Waals surface area contributed by atoms with Crippen LogP contribution >= 0.6 is 35.6 Å². The van der Waals surface area contributed by atoms with Gasteiger partial charge in [-0.05, 0) is 35.9 Å². The Morgan fingerprint density at radius 2 is 1.64 bits per heavy atom. The van der Waals surface area contributed by atoms with Crippen LogP contribution in [0.1, 0.15) is 0 Å². The molecule has 9 heteroatoms. The van der Waals surface area contributed by atoms with Crippen LogP contribution in [0.4, 0.5) is 22.1 Å². The maximum Gasteiger partial charge on any atom is 0.323 e. The van der Waals surface area contributed by atoms with E-state index < -0.39 is 0 Å². The van der Waals surface area contributed by atoms with Crippen molar-refractivity contribution in [2.45, 2.75) is 0 Å². The van der Waals surface area contributed by atoms with E-state index >= 15 is 0 Å². The van der Waals surface area contributed by atoms with Gasteiger partial charge in [0, 0.05) is 11.4 Å². The number of carbonyl (C=O) groups is 1. The summed E-state index contributed by atoms with van der Waals surface area (Å²) in [5.74, 6) is 0.355. The number of urea groups is 1. The number of hydrogen-bond acceptors (Lipinski definition) is 3. The van der Waals surface area contributed by atoms with E-state index in [0.717, 1.165) is 11.3 Å². The quantitative estimate of drug-likeness (QED) is 0.498. The number of nitrogens with two attached hydrogens (primary N) is 1. The lowest BCUT2D eigenvalue weighted by Gasteiger charge is -2.09. The highest BCUT2D eigenvalue weighted by molar-refractivity contribution is 6.42. The highest BCUT2D eigenvalue weighted by Gasteiger charge is 2.06. The Bertz CT molecular complexity index is 880. The number of rotatable bonds is 3. The molecule has 0 unspecified atom stereocenters. The van der Waals surface area contributed by atoms with Crippen molar-refractivity contribution in [2.75, 3.05) is 16.4 Å². The lowest BCUT2D eigenvalue weighted by molar-refractivity contribution is 0.262. The van der Waals surface area contributed by atoms with Crippen LogP contribution in [-0.4, -0.2) is 16.0 Å². The molecular formula is C16H14Cl3N5O. The number of halogens is 3. The summed E-state index contributed by atoms with van der Waals surface area (Å²) in [4.78, 5) is 18.9. The van der Waals surface area contributed by atoms with Crippen LogP contribution in [0.25, 0.3) is 11.3 Å². The second-order valence-electron chi connectivity index (χ2n) is 4.97. The van der Waals surface area contributed by atoms with E-state index in [4.69, 9.17) is 28.9 Å². The largest absolute Gasteiger partial charge is 0.369 e. The number of nitrogens with zero attached hydrogens (tertiary/aromatic N) is 1. The van der Waals surface area contributed by atoms with Gasteiger partial charge < -0.3 is 21.4 Å². The molecule has 0 fully saturated rings. The predicted octanol–water partition coefficient (Wildman–Crippen LogP) is 5.03. The molecule has 1 aromatic heterocycles. The molecular weight excluding hydrogens is 385 g/mol. The zero-order chi connectivity index (χ0) is 17.1. The number of H-pyrrole nitrogens is 1. The SMILES string of the molecule is Cl.Nc1ncc(-c2ccc(NC(=O)Nc3ccc(Cl)c(Cl)c3)cc2)[nH]1. The molecule has 2 aromatic carbocycles. The highest BCUT2D eigenvalue weighted by atomic mass is 35.5. The number of benzene rings is 2. The van der Waals surface area contributed by atoms with Gasteiger partial charge in [0.05, 0.1) is 21.9 Å². The number of aromatic nitrogens is 2. The molecule has 25 heavy (non-hydrogen) atoms. The Morgan fingerprint density at radius 1 is 1.00 bits per heavy atom. The highest BCUT2D eigenvalue weighted by Crippen LogP contribution is 2.25. The van der Waals surface area contributed by atoms with Gasteiger partial charge in [-0.3, -0.25) is 0 Å². The topological polar surface area (TPSA) is 95.8 Å². The van der Waals surface area contributed by atoms with Crippen molar-refractivity contribution in [3.63, 3.8) is 0 Å². The van der Waals surface area contributed by atoms with Crippen molar-refractivity contribution in [1.29, 1.82) is 0 Å². The minimum absolute atomic E-state index is 0. The Labute approximate surface area is 160 Å². The first-order chi connectivity index (χ1) is 11.5. The zero-order valence-corrected chi connectivity index (χ0v) is 15.0. The summed E-state index contributed by atoms with van der Waals surface area (Å²) in [5.41, 5.74) is 8.46. The minimum atomic E-state index is -0.382. The van der Waals surface area contributed by atoms with Crippen molar-refractivity contribution >= 4 is 59.0 Å². The van der Waals surface area contributed by atoms with Crippen molar-refractivity contribution in [1.82, 2.24) is 9.97 Å². The number of aromatic amines is 1. The third-order valence-electron chi connectivity index (χ3n) is 3.23. The standard InChI is InChI=1S/C16H13Cl2N5O.ClH/c17-12-6-5-11(7-13(12)18)22-16(24)21-10-3-1-9(2-4-10)14-8-20-15(19)23-14;/h1-8H,(H3,19,20,23)(H2,21,22,24);1H. The van der Waals surface area contributed by atoms with Gasteiger partial charge in [0.2, 0.25) is 0 Å². The normalized spacial score (nSPS) is 10.0. The van der Waals surface area contributed by atoms with Gasteiger partial charge in [0.1, 0.15) is 0 Å². The van der Waals surface area contributed by atoms with Gasteiger partial charge in [0.25, 0.3) is 0 Å². The van der Waals surface area contributed by atoms with E-state index in [-0.39, 0.29) is 18.4 Å². The molecule has 0 aliphatic rings. The number of nitrogen functional groups attached to an aromatic ring is 1. The van der Waals surface area contributed by atoms with Gasteiger partial charge in [-0.2, -0.15) is 0 Å². The second-order valence-corrected chi connectivity index (χ2v) is 5.78. The molecule has 3 rings (SSSR count). The lowest BCUT2D eigenvalue weighted by Crippen LogP contribution is -2.19. The number of imidazole rings is 1. The number of carbonyl (C=O) groups excluding carboxylic acids is 1. The maximum atomic E-state index is 12.0. The molecule has 0 spiro atoms. The summed E-state index contributed by atoms with van der Waals surface area (Å²) in [6.07, 6.45) is 1.65. The van der Waals surface area contributed by atoms with Gasteiger partial charge in [-0.1, -0.05) is 35.3 Å². The van der Waals surface area contributed by atoms with Crippen molar-refractivity contribution in [2.24, 2.45) is 0 Å². The molecule has 3 aromatic rings. The van der Waals surface area contributed by atoms with Crippen LogP contribution in [-0.2, 0) is 0 Å². The molecule has 0 saturated heterocycles. The smallest absolute Gasteiger partial charge is 0.323 e. The summed E-state index contributed by atoms with van der Waals surface area (Å²) >= 11 is 11.8. The Hall–Kier alpha value is -2.41. The van der Waals surface area contributed by atoms with Gasteiger partial charge in [-0.15, -0.1) is 12.4 Å². The second kappa shape index (κ2) is 8.11. The van der Waals surface area contributed by atoms with Crippen molar-refractivity contribution < 1.29 is 4.79 Å². The molecule has 0 aliphatic heterocycles. The lowest BCUT2D eigenvalue weighted by atomic mass is 10.1. The average molecular weight is 399 g/mol. The molecule has 0 aliphatic carbocycles. The van der Waals surface area contributed by atoms with E-state index in [1.165, 1.54) is 0 Å². The molecule has 0 bridgehead atoms. The number of nitrogens with one attached hydrogen (secondary N) is 3. The van der Waals surface area contributed by atoms with Crippen LogP contribution < -0.4 is 16.4 Å². The molecule has 1 heterocycles. The number of hydrogen-bond donors (Lipinski definition) is 4. The first kappa shape index (κ1) is 18.9. The van der Waals surface area contributed by atoms with Crippen molar-refractivity contribution in [3.05, 3.63) is 58.7 Å². The molecule has 130 valence electrons. The average Bonchev–Trinajstić information content (AvgIpc) is 2.98. The Morgan fingerprint density at radius 3 is 2.24 bits per heavy atom. The third kappa shape index (κ3) is 4.79. The first-order valence-corrected chi connectivity index (χ1v) is 7.71. The fourth-order valence-electron chi connectivity index (χ4n) is 2.08. The molecule has 5 N–H and O–H groups in total. The van der Waals surface area contributed by atoms with E-state index in [9.17, 15) is 4.79 Å². The van der Waals surface area contributed by atoms with Gasteiger partial charge in [-0.25, -0.2) is 9.78 Å².